The van der Waals surface area contributed by atoms with E-state index in [1.54, 1.807) is 6.07 Å². The van der Waals surface area contributed by atoms with Crippen molar-refractivity contribution in [1.29, 1.82) is 0 Å². The van der Waals surface area contributed by atoms with E-state index in [-0.39, 0.29) is 0 Å². The van der Waals surface area contributed by atoms with Crippen molar-refractivity contribution in [3.8, 4) is 0 Å². The fourth-order valence-electron chi connectivity index (χ4n) is 0.994. The number of halogens is 2. The maximum Gasteiger partial charge on any atom is 0.0452 e. The highest BCUT2D eigenvalue weighted by Gasteiger charge is 1.98. The number of hydrogen-bond donors (Lipinski definition) is 0. The Bertz CT molecular complexity index is 244. The summed E-state index contributed by atoms with van der Waals surface area (Å²) in [4.78, 5) is 0. The topological polar surface area (TPSA) is 0 Å². The molecule has 0 N–H and O–H groups in total. The molecule has 1 aromatic carbocycles. The molecule has 2 heteroatoms. The van der Waals surface area contributed by atoms with Gasteiger partial charge in [0.1, 0.15) is 0 Å². The summed E-state index contributed by atoms with van der Waals surface area (Å²) < 4.78 is 0. The van der Waals surface area contributed by atoms with E-state index in [1.165, 1.54) is 5.56 Å². The Hall–Kier alpha value is -0.200. The highest BCUT2D eigenvalue weighted by atomic mass is 35.5. The molecule has 0 radical (unpaired) electrons. The monoisotopic (exact) mass is 248 g/mol. The van der Waals surface area contributed by atoms with Gasteiger partial charge in [0.15, 0.2) is 0 Å². The summed E-state index contributed by atoms with van der Waals surface area (Å²) >= 11 is 11.7. The van der Waals surface area contributed by atoms with Gasteiger partial charge in [-0.05, 0) is 24.1 Å². The summed E-state index contributed by atoms with van der Waals surface area (Å²) in [6.07, 6.45) is 2.14. The van der Waals surface area contributed by atoms with Gasteiger partial charge in [-0.2, -0.15) is 0 Å². The summed E-state index contributed by atoms with van der Waals surface area (Å²) in [5.74, 6) is 0. The van der Waals surface area contributed by atoms with Crippen molar-refractivity contribution in [3.05, 3.63) is 33.8 Å². The van der Waals surface area contributed by atoms with Gasteiger partial charge in [-0.25, -0.2) is 0 Å². The van der Waals surface area contributed by atoms with E-state index in [9.17, 15) is 0 Å². The van der Waals surface area contributed by atoms with Gasteiger partial charge < -0.3 is 0 Å². The smallest absolute Gasteiger partial charge is 0.0452 e. The number of benzene rings is 1. The fraction of sp³-hybridized carbons (Fsp3) is 0.538. The first-order valence-corrected chi connectivity index (χ1v) is 6.43. The highest BCUT2D eigenvalue weighted by Crippen LogP contribution is 2.21. The second-order valence-corrected chi connectivity index (χ2v) is 3.33. The molecule has 0 aliphatic heterocycles. The van der Waals surface area contributed by atoms with Crippen LogP contribution in [0.5, 0.6) is 0 Å². The minimum absolute atomic E-state index is 0.704. The van der Waals surface area contributed by atoms with Crippen molar-refractivity contribution >= 4 is 23.2 Å². The minimum atomic E-state index is 0.704. The first kappa shape index (κ1) is 17.2. The van der Waals surface area contributed by atoms with Crippen LogP contribution in [0.15, 0.2) is 18.2 Å². The van der Waals surface area contributed by atoms with Gasteiger partial charge in [-0.3, -0.25) is 0 Å². The predicted molar refractivity (Wildman–Crippen MR) is 73.2 cm³/mol. The van der Waals surface area contributed by atoms with Gasteiger partial charge in [0.2, 0.25) is 0 Å². The van der Waals surface area contributed by atoms with Crippen LogP contribution in [-0.2, 0) is 6.42 Å². The van der Waals surface area contributed by atoms with Crippen LogP contribution in [0.2, 0.25) is 10.0 Å². The standard InChI is InChI=1S/C9H10Cl2.2C2H6/c1-2-3-7-4-5-8(10)6-9(7)11;2*1-2/h4-6H,2-3H2,1H3;2*1-2H3. The van der Waals surface area contributed by atoms with Gasteiger partial charge in [-0.1, -0.05) is 70.3 Å². The summed E-state index contributed by atoms with van der Waals surface area (Å²) in [6, 6.07) is 5.64. The third-order valence-electron chi connectivity index (χ3n) is 1.53. The van der Waals surface area contributed by atoms with Crippen LogP contribution < -0.4 is 0 Å². The van der Waals surface area contributed by atoms with Gasteiger partial charge in [0, 0.05) is 10.0 Å². The molecule has 88 valence electrons. The number of rotatable bonds is 2. The van der Waals surface area contributed by atoms with E-state index < -0.39 is 0 Å². The van der Waals surface area contributed by atoms with E-state index >= 15 is 0 Å². The van der Waals surface area contributed by atoms with Gasteiger partial charge in [-0.15, -0.1) is 0 Å². The van der Waals surface area contributed by atoms with Crippen molar-refractivity contribution in [1.82, 2.24) is 0 Å². The maximum atomic E-state index is 5.92. The molecule has 0 aliphatic rings. The van der Waals surface area contributed by atoms with Crippen LogP contribution in [0.4, 0.5) is 0 Å². The van der Waals surface area contributed by atoms with Crippen molar-refractivity contribution in [2.24, 2.45) is 0 Å². The zero-order valence-electron chi connectivity index (χ0n) is 10.4. The average Bonchev–Trinajstić information content (AvgIpc) is 2.28. The SMILES string of the molecule is CC.CC.CCCc1ccc(Cl)cc1Cl. The zero-order chi connectivity index (χ0) is 12.3. The lowest BCUT2D eigenvalue weighted by Crippen LogP contribution is -1.83. The Morgan fingerprint density at radius 3 is 1.93 bits per heavy atom. The van der Waals surface area contributed by atoms with Gasteiger partial charge in [0.05, 0.1) is 0 Å². The van der Waals surface area contributed by atoms with Crippen LogP contribution in [-0.4, -0.2) is 0 Å². The Balaban J connectivity index is 0. The van der Waals surface area contributed by atoms with Gasteiger partial charge >= 0.3 is 0 Å². The molecule has 0 saturated heterocycles. The molecule has 0 bridgehead atoms. The maximum absolute atomic E-state index is 5.92. The van der Waals surface area contributed by atoms with Crippen LogP contribution in [0.25, 0.3) is 0 Å². The van der Waals surface area contributed by atoms with Crippen molar-refractivity contribution in [2.75, 3.05) is 0 Å². The summed E-state index contributed by atoms with van der Waals surface area (Å²) in [6.45, 7) is 10.1. The number of aryl methyl sites for hydroxylation is 1. The molecule has 0 amide bonds. The Labute approximate surface area is 105 Å². The highest BCUT2D eigenvalue weighted by molar-refractivity contribution is 6.35. The molecule has 1 aromatic rings. The van der Waals surface area contributed by atoms with Crippen LogP contribution in [0.1, 0.15) is 46.6 Å². The quantitative estimate of drug-likeness (QED) is 0.603. The number of hydrogen-bond acceptors (Lipinski definition) is 0. The van der Waals surface area contributed by atoms with Gasteiger partial charge in [0.25, 0.3) is 0 Å². The second-order valence-electron chi connectivity index (χ2n) is 2.49. The molecular weight excluding hydrogens is 227 g/mol. The van der Waals surface area contributed by atoms with Crippen LogP contribution >= 0.6 is 23.2 Å². The van der Waals surface area contributed by atoms with E-state index in [1.807, 2.05) is 39.8 Å². The molecule has 0 spiro atoms. The fourth-order valence-corrected chi connectivity index (χ4v) is 1.50. The molecular formula is C13H22Cl2. The largest absolute Gasteiger partial charge is 0.0843 e. The molecule has 0 unspecified atom stereocenters. The lowest BCUT2D eigenvalue weighted by Gasteiger charge is -2.01. The summed E-state index contributed by atoms with van der Waals surface area (Å²) in [5.41, 5.74) is 1.18. The molecule has 15 heavy (non-hydrogen) atoms. The zero-order valence-corrected chi connectivity index (χ0v) is 11.9. The molecule has 1 rings (SSSR count). The van der Waals surface area contributed by atoms with Crippen molar-refractivity contribution in [3.63, 3.8) is 0 Å². The minimum Gasteiger partial charge on any atom is -0.0843 e. The van der Waals surface area contributed by atoms with E-state index in [4.69, 9.17) is 23.2 Å². The first-order chi connectivity index (χ1) is 7.24. The van der Waals surface area contributed by atoms with E-state index in [2.05, 4.69) is 6.92 Å². The molecule has 0 aliphatic carbocycles. The Morgan fingerprint density at radius 2 is 1.53 bits per heavy atom. The summed E-state index contributed by atoms with van der Waals surface area (Å²) in [5, 5.41) is 1.48. The molecule has 0 nitrogen and oxygen atoms in total. The third-order valence-corrected chi connectivity index (χ3v) is 2.12. The molecule has 0 fully saturated rings. The first-order valence-electron chi connectivity index (χ1n) is 5.68. The molecule has 0 atom stereocenters. The average molecular weight is 249 g/mol. The molecule has 0 aromatic heterocycles. The Kier molecular flexibility index (Phi) is 13.6. The Morgan fingerprint density at radius 1 is 1.00 bits per heavy atom. The molecule has 0 heterocycles. The third kappa shape index (κ3) is 7.70. The lowest BCUT2D eigenvalue weighted by atomic mass is 10.1. The van der Waals surface area contributed by atoms with Crippen LogP contribution in [0, 0.1) is 0 Å². The lowest BCUT2D eigenvalue weighted by molar-refractivity contribution is 0.922. The van der Waals surface area contributed by atoms with Crippen LogP contribution in [0.3, 0.4) is 0 Å². The van der Waals surface area contributed by atoms with Crippen molar-refractivity contribution in [2.45, 2.75) is 47.5 Å². The van der Waals surface area contributed by atoms with Crippen molar-refractivity contribution < 1.29 is 0 Å². The van der Waals surface area contributed by atoms with E-state index in [0.717, 1.165) is 17.9 Å². The molecule has 0 saturated carbocycles. The predicted octanol–water partition coefficient (Wildman–Crippen LogP) is 6.00. The summed E-state index contributed by atoms with van der Waals surface area (Å²) in [7, 11) is 0. The van der Waals surface area contributed by atoms with E-state index in [0.29, 0.717) is 5.02 Å². The normalized spacial score (nSPS) is 8.20. The second kappa shape index (κ2) is 11.9.